The van der Waals surface area contributed by atoms with Gasteiger partial charge in [0.05, 0.1) is 21.8 Å². The van der Waals surface area contributed by atoms with Crippen LogP contribution in [0.1, 0.15) is 5.56 Å². The second-order valence-corrected chi connectivity index (χ2v) is 10.8. The lowest BCUT2D eigenvalue weighted by molar-refractivity contribution is -0.119. The summed E-state index contributed by atoms with van der Waals surface area (Å²) < 4.78 is 33.3. The van der Waals surface area contributed by atoms with E-state index in [0.717, 1.165) is 27.1 Å². The molecule has 3 aromatic carbocycles. The molecule has 176 valence electrons. The Bertz CT molecular complexity index is 1260. The predicted octanol–water partition coefficient (Wildman–Crippen LogP) is 4.18. The first-order valence-corrected chi connectivity index (χ1v) is 13.4. The van der Waals surface area contributed by atoms with Gasteiger partial charge >= 0.3 is 0 Å². The monoisotopic (exact) mass is 515 g/mol. The summed E-state index contributed by atoms with van der Waals surface area (Å²) in [5, 5.41) is 4.17. The molecule has 0 unspecified atom stereocenters. The molecule has 0 aromatic heterocycles. The van der Waals surface area contributed by atoms with Crippen LogP contribution in [0.4, 0.5) is 5.69 Å². The van der Waals surface area contributed by atoms with Crippen molar-refractivity contribution < 1.29 is 17.9 Å². The summed E-state index contributed by atoms with van der Waals surface area (Å²) in [6, 6.07) is 21.7. The smallest absolute Gasteiger partial charge is 0.264 e. The Morgan fingerprint density at radius 1 is 1.06 bits per heavy atom. The first-order chi connectivity index (χ1) is 16.4. The fourth-order valence-electron chi connectivity index (χ4n) is 3.12. The Labute approximate surface area is 207 Å². The maximum absolute atomic E-state index is 13.3. The Balaban J connectivity index is 1.45. The van der Waals surface area contributed by atoms with E-state index in [-0.39, 0.29) is 21.7 Å². The van der Waals surface area contributed by atoms with Gasteiger partial charge in [-0.15, -0.1) is 0 Å². The van der Waals surface area contributed by atoms with E-state index in [2.05, 4.69) is 10.5 Å². The van der Waals surface area contributed by atoms with Crippen molar-refractivity contribution in [3.63, 3.8) is 0 Å². The van der Waals surface area contributed by atoms with E-state index in [9.17, 15) is 13.2 Å². The first-order valence-electron chi connectivity index (χ1n) is 10.4. The SMILES string of the molecule is O=C(CN(c1ccccc1Cl)S(=O)(=O)c1ccccc1)N/N=C\c1ccc(OC2CSC2)cc1. The fourth-order valence-corrected chi connectivity index (χ4v) is 5.44. The molecule has 7 nitrogen and oxygen atoms in total. The van der Waals surface area contributed by atoms with Crippen molar-refractivity contribution in [1.82, 2.24) is 5.43 Å². The van der Waals surface area contributed by atoms with Crippen molar-refractivity contribution in [1.29, 1.82) is 0 Å². The molecule has 0 saturated carbocycles. The van der Waals surface area contributed by atoms with Gasteiger partial charge in [-0.2, -0.15) is 16.9 Å². The molecule has 1 aliphatic rings. The number of anilines is 1. The number of carbonyl (C=O) groups excluding carboxylic acids is 1. The second kappa shape index (κ2) is 10.9. The zero-order chi connectivity index (χ0) is 24.0. The highest BCUT2D eigenvalue weighted by atomic mass is 35.5. The largest absolute Gasteiger partial charge is 0.489 e. The van der Waals surface area contributed by atoms with Gasteiger partial charge in [-0.1, -0.05) is 41.9 Å². The third-order valence-electron chi connectivity index (χ3n) is 4.93. The van der Waals surface area contributed by atoms with E-state index in [1.807, 2.05) is 36.0 Å². The normalized spacial score (nSPS) is 13.9. The summed E-state index contributed by atoms with van der Waals surface area (Å²) in [5.74, 6) is 2.17. The van der Waals surface area contributed by atoms with Gasteiger partial charge in [0.1, 0.15) is 18.4 Å². The van der Waals surface area contributed by atoms with Crippen LogP contribution in [0.25, 0.3) is 0 Å². The summed E-state index contributed by atoms with van der Waals surface area (Å²) in [7, 11) is -4.04. The standard InChI is InChI=1S/C24H22ClN3O4S2/c25-22-8-4-5-9-23(22)28(34(30,31)21-6-2-1-3-7-21)15-24(29)27-26-14-18-10-12-19(13-11-18)32-20-16-33-17-20/h1-14,20H,15-17H2,(H,27,29)/b26-14-. The molecule has 0 atom stereocenters. The number of amides is 1. The number of ether oxygens (including phenoxy) is 1. The lowest BCUT2D eigenvalue weighted by Gasteiger charge is -2.25. The number of hydrogen-bond donors (Lipinski definition) is 1. The number of carbonyl (C=O) groups is 1. The molecule has 10 heteroatoms. The minimum absolute atomic E-state index is 0.0500. The molecule has 34 heavy (non-hydrogen) atoms. The second-order valence-electron chi connectivity index (χ2n) is 7.42. The van der Waals surface area contributed by atoms with Gasteiger partial charge in [0.25, 0.3) is 15.9 Å². The van der Waals surface area contributed by atoms with Gasteiger partial charge in [0.15, 0.2) is 0 Å². The summed E-state index contributed by atoms with van der Waals surface area (Å²) in [4.78, 5) is 12.7. The highest BCUT2D eigenvalue weighted by Crippen LogP contribution is 2.30. The Kier molecular flexibility index (Phi) is 7.77. The third-order valence-corrected chi connectivity index (χ3v) is 8.24. The van der Waals surface area contributed by atoms with Crippen molar-refractivity contribution in [2.75, 3.05) is 22.4 Å². The zero-order valence-corrected chi connectivity index (χ0v) is 20.4. The van der Waals surface area contributed by atoms with Crippen LogP contribution in [-0.4, -0.2) is 44.7 Å². The van der Waals surface area contributed by atoms with Crippen LogP contribution in [0, 0.1) is 0 Å². The van der Waals surface area contributed by atoms with Crippen LogP contribution in [0.15, 0.2) is 88.9 Å². The van der Waals surface area contributed by atoms with Crippen LogP contribution >= 0.6 is 23.4 Å². The average Bonchev–Trinajstić information content (AvgIpc) is 2.82. The van der Waals surface area contributed by atoms with Gasteiger partial charge in [-0.3, -0.25) is 9.10 Å². The number of benzene rings is 3. The van der Waals surface area contributed by atoms with E-state index in [1.54, 1.807) is 42.5 Å². The quantitative estimate of drug-likeness (QED) is 0.341. The van der Waals surface area contributed by atoms with Crippen LogP contribution < -0.4 is 14.5 Å². The lowest BCUT2D eigenvalue weighted by atomic mass is 10.2. The minimum Gasteiger partial charge on any atom is -0.489 e. The van der Waals surface area contributed by atoms with Crippen molar-refractivity contribution in [3.8, 4) is 5.75 Å². The number of nitrogens with zero attached hydrogens (tertiary/aromatic N) is 2. The number of nitrogens with one attached hydrogen (secondary N) is 1. The number of thioether (sulfide) groups is 1. The van der Waals surface area contributed by atoms with Crippen LogP contribution in [-0.2, 0) is 14.8 Å². The topological polar surface area (TPSA) is 88.1 Å². The van der Waals surface area contributed by atoms with Crippen molar-refractivity contribution in [3.05, 3.63) is 89.4 Å². The predicted molar refractivity (Wildman–Crippen MR) is 136 cm³/mol. The molecule has 4 rings (SSSR count). The molecule has 0 radical (unpaired) electrons. The number of halogens is 1. The fraction of sp³-hybridized carbons (Fsp3) is 0.167. The van der Waals surface area contributed by atoms with E-state index < -0.39 is 22.5 Å². The van der Waals surface area contributed by atoms with Gasteiger partial charge in [-0.25, -0.2) is 13.8 Å². The van der Waals surface area contributed by atoms with E-state index in [1.165, 1.54) is 18.3 Å². The van der Waals surface area contributed by atoms with Gasteiger partial charge < -0.3 is 4.74 Å². The maximum Gasteiger partial charge on any atom is 0.264 e. The van der Waals surface area contributed by atoms with E-state index in [4.69, 9.17) is 16.3 Å². The minimum atomic E-state index is -4.04. The van der Waals surface area contributed by atoms with Gasteiger partial charge in [0, 0.05) is 11.5 Å². The molecule has 1 fully saturated rings. The molecular weight excluding hydrogens is 494 g/mol. The third kappa shape index (κ3) is 5.91. The Hall–Kier alpha value is -3.01. The summed E-state index contributed by atoms with van der Waals surface area (Å²) in [6.07, 6.45) is 1.74. The van der Waals surface area contributed by atoms with E-state index >= 15 is 0 Å². The first kappa shape index (κ1) is 24.1. The highest BCUT2D eigenvalue weighted by molar-refractivity contribution is 8.00. The van der Waals surface area contributed by atoms with E-state index in [0.29, 0.717) is 0 Å². The molecule has 1 heterocycles. The number of hydrogen-bond acceptors (Lipinski definition) is 6. The summed E-state index contributed by atoms with van der Waals surface area (Å²) in [6.45, 7) is -0.496. The van der Waals surface area contributed by atoms with Crippen molar-refractivity contribution in [2.45, 2.75) is 11.0 Å². The molecule has 0 bridgehead atoms. The number of sulfonamides is 1. The van der Waals surface area contributed by atoms with Crippen molar-refractivity contribution in [2.24, 2.45) is 5.10 Å². The number of para-hydroxylation sites is 1. The van der Waals surface area contributed by atoms with Crippen LogP contribution in [0.2, 0.25) is 5.02 Å². The van der Waals surface area contributed by atoms with Crippen molar-refractivity contribution >= 4 is 51.2 Å². The maximum atomic E-state index is 13.3. The lowest BCUT2D eigenvalue weighted by Crippen LogP contribution is -2.39. The molecule has 0 aliphatic carbocycles. The molecule has 0 spiro atoms. The van der Waals surface area contributed by atoms with Gasteiger partial charge in [-0.05, 0) is 54.1 Å². The molecule has 1 aliphatic heterocycles. The molecule has 3 aromatic rings. The van der Waals surface area contributed by atoms with Gasteiger partial charge in [0.2, 0.25) is 0 Å². The highest BCUT2D eigenvalue weighted by Gasteiger charge is 2.28. The molecular formula is C24H22ClN3O4S2. The summed E-state index contributed by atoms with van der Waals surface area (Å²) in [5.41, 5.74) is 3.35. The number of rotatable bonds is 9. The van der Waals surface area contributed by atoms with Crippen LogP contribution in [0.5, 0.6) is 5.75 Å². The molecule has 1 N–H and O–H groups in total. The molecule has 1 amide bonds. The summed E-state index contributed by atoms with van der Waals surface area (Å²) >= 11 is 8.11. The molecule has 1 saturated heterocycles. The Morgan fingerprint density at radius 3 is 2.38 bits per heavy atom. The number of hydrazone groups is 1. The Morgan fingerprint density at radius 2 is 1.74 bits per heavy atom. The van der Waals surface area contributed by atoms with Crippen LogP contribution in [0.3, 0.4) is 0 Å². The average molecular weight is 516 g/mol. The zero-order valence-electron chi connectivity index (χ0n) is 18.0.